The Labute approximate surface area is 133 Å². The molecule has 0 aromatic carbocycles. The number of hydrogen-bond acceptors (Lipinski definition) is 3. The van der Waals surface area contributed by atoms with Gasteiger partial charge in [0.25, 0.3) is 0 Å². The van der Waals surface area contributed by atoms with Gasteiger partial charge in [-0.3, -0.25) is 0 Å². The molecule has 1 N–H and O–H groups in total. The van der Waals surface area contributed by atoms with Gasteiger partial charge in [-0.15, -0.1) is 0 Å². The van der Waals surface area contributed by atoms with E-state index in [1.54, 1.807) is 0 Å². The summed E-state index contributed by atoms with van der Waals surface area (Å²) in [6.45, 7) is 12.6. The van der Waals surface area contributed by atoms with Gasteiger partial charge < -0.3 is 14.3 Å². The minimum absolute atomic E-state index is 0.174. The fraction of sp³-hybridized carbons (Fsp3) is 1.00. The largest absolute Gasteiger partial charge is 0.414 e. The van der Waals surface area contributed by atoms with Crippen LogP contribution in [-0.4, -0.2) is 38.8 Å². The van der Waals surface area contributed by atoms with Gasteiger partial charge in [0.05, 0.1) is 6.10 Å². The maximum Gasteiger partial charge on any atom is 0.192 e. The average molecular weight is 319 g/mol. The molecule has 0 amide bonds. The zero-order chi connectivity index (χ0) is 16.1. The monoisotopic (exact) mass is 318 g/mol. The van der Waals surface area contributed by atoms with Crippen molar-refractivity contribution in [3.05, 3.63) is 0 Å². The summed E-state index contributed by atoms with van der Waals surface area (Å²) in [6, 6.07) is 3.52. The van der Waals surface area contributed by atoms with Crippen LogP contribution in [0.1, 0.15) is 66.7 Å². The van der Waals surface area contributed by atoms with Gasteiger partial charge in [-0.05, 0) is 50.7 Å². The molecule has 0 saturated heterocycles. The van der Waals surface area contributed by atoms with Gasteiger partial charge in [0.1, 0.15) is 0 Å². The summed E-state index contributed by atoms with van der Waals surface area (Å²) >= 11 is 0. The lowest BCUT2D eigenvalue weighted by Crippen LogP contribution is -2.40. The highest BCUT2D eigenvalue weighted by Gasteiger charge is 2.31. The van der Waals surface area contributed by atoms with E-state index in [-0.39, 0.29) is 12.2 Å². The zero-order valence-electron chi connectivity index (χ0n) is 15.0. The molecule has 0 heterocycles. The molecule has 0 aromatic rings. The van der Waals surface area contributed by atoms with Crippen LogP contribution in [0.3, 0.4) is 0 Å². The molecule has 0 fully saturated rings. The summed E-state index contributed by atoms with van der Waals surface area (Å²) in [5.74, 6) is 0. The topological polar surface area (TPSA) is 38.7 Å². The normalized spacial score (nSPS) is 15.1. The van der Waals surface area contributed by atoms with Crippen LogP contribution in [0.5, 0.6) is 0 Å². The number of aliphatic hydroxyl groups excluding tert-OH is 1. The lowest BCUT2D eigenvalue weighted by atomic mass is 10.1. The Balaban J connectivity index is 3.85. The Morgan fingerprint density at radius 1 is 0.952 bits per heavy atom. The predicted molar refractivity (Wildman–Crippen MR) is 93.3 cm³/mol. The van der Waals surface area contributed by atoms with Gasteiger partial charge in [-0.1, -0.05) is 34.1 Å². The molecule has 0 aromatic heterocycles. The van der Waals surface area contributed by atoms with Crippen LogP contribution in [0, 0.1) is 0 Å². The van der Waals surface area contributed by atoms with Crippen LogP contribution in [0.2, 0.25) is 18.1 Å². The Kier molecular flexibility index (Phi) is 12.7. The smallest absolute Gasteiger partial charge is 0.192 e. The fourth-order valence-electron chi connectivity index (χ4n) is 2.75. The van der Waals surface area contributed by atoms with Gasteiger partial charge in [0, 0.05) is 19.3 Å². The Bertz CT molecular complexity index is 224. The van der Waals surface area contributed by atoms with Crippen LogP contribution in [0.25, 0.3) is 0 Å². The molecule has 128 valence electrons. The number of hydrogen-bond donors (Lipinski definition) is 1. The molecular formula is C17H38O3Si. The highest BCUT2D eigenvalue weighted by atomic mass is 28.4. The van der Waals surface area contributed by atoms with Gasteiger partial charge in [0.2, 0.25) is 0 Å². The van der Waals surface area contributed by atoms with E-state index in [9.17, 15) is 5.11 Å². The minimum atomic E-state index is -1.54. The van der Waals surface area contributed by atoms with E-state index in [4.69, 9.17) is 9.16 Å². The molecule has 0 rings (SSSR count). The third-order valence-corrected chi connectivity index (χ3v) is 9.22. The van der Waals surface area contributed by atoms with E-state index in [0.29, 0.717) is 0 Å². The second-order valence-corrected chi connectivity index (χ2v) is 10.9. The van der Waals surface area contributed by atoms with Crippen LogP contribution < -0.4 is 0 Å². The Hall–Kier alpha value is 0.0969. The van der Waals surface area contributed by atoms with Crippen molar-refractivity contribution in [3.63, 3.8) is 0 Å². The molecule has 2 unspecified atom stereocenters. The van der Waals surface area contributed by atoms with E-state index in [1.807, 2.05) is 0 Å². The molecule has 3 nitrogen and oxygen atoms in total. The van der Waals surface area contributed by atoms with Crippen LogP contribution in [0.4, 0.5) is 0 Å². The molecule has 0 spiro atoms. The fourth-order valence-corrected chi connectivity index (χ4v) is 5.70. The summed E-state index contributed by atoms with van der Waals surface area (Å²) in [6.07, 6.45) is 4.73. The summed E-state index contributed by atoms with van der Waals surface area (Å²) in [5, 5.41) is 10.1. The maximum atomic E-state index is 10.1. The first-order valence-corrected chi connectivity index (χ1v) is 11.5. The summed E-state index contributed by atoms with van der Waals surface area (Å²) < 4.78 is 11.9. The second-order valence-electron chi connectivity index (χ2n) is 6.17. The van der Waals surface area contributed by atoms with Crippen molar-refractivity contribution in [2.45, 2.75) is 97.1 Å². The first-order valence-electron chi connectivity index (χ1n) is 8.97. The zero-order valence-corrected chi connectivity index (χ0v) is 16.0. The molecule has 4 heteroatoms. The van der Waals surface area contributed by atoms with Crippen molar-refractivity contribution in [1.29, 1.82) is 0 Å². The van der Waals surface area contributed by atoms with E-state index in [2.05, 4.69) is 34.6 Å². The summed E-state index contributed by atoms with van der Waals surface area (Å²) in [7, 11) is -1.54. The van der Waals surface area contributed by atoms with Crippen molar-refractivity contribution in [2.75, 3.05) is 13.2 Å². The molecule has 0 aliphatic heterocycles. The first kappa shape index (κ1) is 21.1. The third-order valence-electron chi connectivity index (χ3n) is 4.46. The molecule has 0 radical (unpaired) electrons. The molecule has 0 aliphatic carbocycles. The SMILES string of the molecule is CCCCOCCCC(O)CC(C)O[Si](CC)(CC)CC. The maximum absolute atomic E-state index is 10.1. The minimum Gasteiger partial charge on any atom is -0.414 e. The molecule has 0 saturated carbocycles. The third kappa shape index (κ3) is 9.66. The predicted octanol–water partition coefficient (Wildman–Crippen LogP) is 4.74. The van der Waals surface area contributed by atoms with Crippen LogP contribution in [0.15, 0.2) is 0 Å². The van der Waals surface area contributed by atoms with Crippen LogP contribution in [-0.2, 0) is 9.16 Å². The van der Waals surface area contributed by atoms with Crippen molar-refractivity contribution in [3.8, 4) is 0 Å². The van der Waals surface area contributed by atoms with Gasteiger partial charge in [-0.25, -0.2) is 0 Å². The highest BCUT2D eigenvalue weighted by molar-refractivity contribution is 6.73. The number of unbranched alkanes of at least 4 members (excludes halogenated alkanes) is 1. The first-order chi connectivity index (χ1) is 10.0. The van der Waals surface area contributed by atoms with E-state index >= 15 is 0 Å². The van der Waals surface area contributed by atoms with Gasteiger partial charge in [0.15, 0.2) is 8.32 Å². The van der Waals surface area contributed by atoms with Crippen molar-refractivity contribution in [1.82, 2.24) is 0 Å². The van der Waals surface area contributed by atoms with E-state index in [0.717, 1.165) is 38.9 Å². The number of aliphatic hydroxyl groups is 1. The number of rotatable bonds is 14. The average Bonchev–Trinajstić information content (AvgIpc) is 2.48. The molecular weight excluding hydrogens is 280 g/mol. The highest BCUT2D eigenvalue weighted by Crippen LogP contribution is 2.24. The lowest BCUT2D eigenvalue weighted by Gasteiger charge is -2.32. The van der Waals surface area contributed by atoms with E-state index in [1.165, 1.54) is 24.6 Å². The Morgan fingerprint density at radius 3 is 2.05 bits per heavy atom. The Morgan fingerprint density at radius 2 is 1.52 bits per heavy atom. The van der Waals surface area contributed by atoms with Crippen molar-refractivity contribution < 1.29 is 14.3 Å². The molecule has 0 bridgehead atoms. The van der Waals surface area contributed by atoms with Gasteiger partial charge in [-0.2, -0.15) is 0 Å². The molecule has 0 aliphatic rings. The standard InChI is InChI=1S/C17H38O3Si/c1-6-10-13-19-14-11-12-17(18)15-16(5)20-21(7-2,8-3)9-4/h16-18H,6-15H2,1-5H3. The van der Waals surface area contributed by atoms with Gasteiger partial charge >= 0.3 is 0 Å². The summed E-state index contributed by atoms with van der Waals surface area (Å²) in [5.41, 5.74) is 0. The van der Waals surface area contributed by atoms with Crippen molar-refractivity contribution in [2.24, 2.45) is 0 Å². The quantitative estimate of drug-likeness (QED) is 0.371. The molecule has 2 atom stereocenters. The second kappa shape index (κ2) is 12.6. The summed E-state index contributed by atoms with van der Waals surface area (Å²) in [4.78, 5) is 0. The lowest BCUT2D eigenvalue weighted by molar-refractivity contribution is 0.0740. The van der Waals surface area contributed by atoms with E-state index < -0.39 is 8.32 Å². The number of ether oxygens (including phenoxy) is 1. The van der Waals surface area contributed by atoms with Crippen molar-refractivity contribution >= 4 is 8.32 Å². The molecule has 21 heavy (non-hydrogen) atoms. The van der Waals surface area contributed by atoms with Crippen LogP contribution >= 0.6 is 0 Å².